The Labute approximate surface area is 184 Å². The quantitative estimate of drug-likeness (QED) is 0.229. The van der Waals surface area contributed by atoms with Gasteiger partial charge in [0.05, 0.1) is 0 Å². The maximum absolute atomic E-state index is 4.60. The molecule has 0 fully saturated rings. The van der Waals surface area contributed by atoms with E-state index in [4.69, 9.17) is 0 Å². The van der Waals surface area contributed by atoms with Crippen LogP contribution >= 0.6 is 15.9 Å². The zero-order chi connectivity index (χ0) is 20.3. The van der Waals surface area contributed by atoms with Crippen LogP contribution in [0.5, 0.6) is 0 Å². The van der Waals surface area contributed by atoms with Crippen LogP contribution in [0.15, 0.2) is 73.1 Å². The first kappa shape index (κ1) is 21.7. The van der Waals surface area contributed by atoms with E-state index in [1.165, 1.54) is 36.0 Å². The molecule has 3 aromatic rings. The van der Waals surface area contributed by atoms with Gasteiger partial charge in [0.25, 0.3) is 0 Å². The maximum atomic E-state index is 4.60. The van der Waals surface area contributed by atoms with Gasteiger partial charge in [-0.05, 0) is 42.4 Å². The van der Waals surface area contributed by atoms with E-state index in [9.17, 15) is 0 Å². The first-order valence-electron chi connectivity index (χ1n) is 10.8. The average molecular weight is 451 g/mol. The van der Waals surface area contributed by atoms with E-state index >= 15 is 0 Å². The lowest BCUT2D eigenvalue weighted by atomic mass is 9.87. The predicted molar refractivity (Wildman–Crippen MR) is 126 cm³/mol. The molecule has 1 unspecified atom stereocenters. The molecule has 0 N–H and O–H groups in total. The van der Waals surface area contributed by atoms with Crippen molar-refractivity contribution < 1.29 is 0 Å². The van der Waals surface area contributed by atoms with Crippen LogP contribution in [0.1, 0.15) is 67.5 Å². The number of alkyl halides is 1. The van der Waals surface area contributed by atoms with Crippen LogP contribution in [0.2, 0.25) is 0 Å². The van der Waals surface area contributed by atoms with E-state index in [0.717, 1.165) is 31.5 Å². The maximum Gasteiger partial charge on any atom is 0.129 e. The lowest BCUT2D eigenvalue weighted by Gasteiger charge is -2.19. The number of rotatable bonds is 11. The van der Waals surface area contributed by atoms with Crippen molar-refractivity contribution in [3.63, 3.8) is 0 Å². The number of benzene rings is 2. The number of hydrogen-bond acceptors (Lipinski definition) is 2. The molecule has 0 saturated heterocycles. The van der Waals surface area contributed by atoms with Crippen molar-refractivity contribution in [1.82, 2.24) is 9.97 Å². The van der Waals surface area contributed by atoms with Crippen LogP contribution in [-0.4, -0.2) is 14.8 Å². The lowest BCUT2D eigenvalue weighted by molar-refractivity contribution is 0.632. The molecule has 1 aromatic heterocycles. The third kappa shape index (κ3) is 7.08. The highest BCUT2D eigenvalue weighted by atomic mass is 79.9. The normalized spacial score (nSPS) is 12.2. The molecular formula is C26H31BrN2. The van der Waals surface area contributed by atoms with Crippen molar-refractivity contribution in [3.8, 4) is 0 Å². The van der Waals surface area contributed by atoms with E-state index in [1.807, 2.05) is 12.4 Å². The first-order chi connectivity index (χ1) is 14.3. The van der Waals surface area contributed by atoms with Gasteiger partial charge in [-0.2, -0.15) is 0 Å². The highest BCUT2D eigenvalue weighted by Crippen LogP contribution is 2.31. The Morgan fingerprint density at radius 2 is 1.38 bits per heavy atom. The third-order valence-corrected chi connectivity index (χ3v) is 6.19. The molecular weight excluding hydrogens is 420 g/mol. The fourth-order valence-corrected chi connectivity index (χ4v) is 4.29. The molecule has 1 heterocycles. The van der Waals surface area contributed by atoms with Crippen LogP contribution < -0.4 is 0 Å². The van der Waals surface area contributed by atoms with Gasteiger partial charge in [0.2, 0.25) is 0 Å². The summed E-state index contributed by atoms with van der Waals surface area (Å²) >= 11 is 3.88. The molecule has 29 heavy (non-hydrogen) atoms. The average Bonchev–Trinajstić information content (AvgIpc) is 2.77. The molecule has 152 valence electrons. The van der Waals surface area contributed by atoms with E-state index in [0.29, 0.717) is 10.7 Å². The molecule has 0 radical (unpaired) electrons. The minimum absolute atomic E-state index is 0.378. The number of halogens is 1. The second-order valence-corrected chi connectivity index (χ2v) is 9.01. The number of hydrogen-bond donors (Lipinski definition) is 0. The number of aromatic nitrogens is 2. The van der Waals surface area contributed by atoms with Gasteiger partial charge in [0.15, 0.2) is 0 Å². The second-order valence-electron chi connectivity index (χ2n) is 7.72. The molecule has 3 heteroatoms. The van der Waals surface area contributed by atoms with Crippen LogP contribution in [0.4, 0.5) is 0 Å². The van der Waals surface area contributed by atoms with E-state index < -0.39 is 0 Å². The van der Waals surface area contributed by atoms with Crippen molar-refractivity contribution in [2.75, 3.05) is 0 Å². The number of aryl methyl sites for hydroxylation is 1. The molecule has 0 aliphatic rings. The second kappa shape index (κ2) is 11.9. The van der Waals surface area contributed by atoms with Crippen LogP contribution in [0.25, 0.3) is 0 Å². The molecule has 0 bridgehead atoms. The van der Waals surface area contributed by atoms with Gasteiger partial charge in [-0.15, -0.1) is 0 Å². The van der Waals surface area contributed by atoms with Gasteiger partial charge in [-0.3, -0.25) is 0 Å². The Morgan fingerprint density at radius 1 is 0.793 bits per heavy atom. The zero-order valence-corrected chi connectivity index (χ0v) is 18.9. The first-order valence-corrected chi connectivity index (χ1v) is 11.7. The highest BCUT2D eigenvalue weighted by Gasteiger charge is 2.16. The summed E-state index contributed by atoms with van der Waals surface area (Å²) in [5.74, 6) is 1.35. The molecule has 0 saturated carbocycles. The summed E-state index contributed by atoms with van der Waals surface area (Å²) in [6.07, 6.45) is 11.9. The summed E-state index contributed by atoms with van der Waals surface area (Å²) in [7, 11) is 0. The molecule has 3 rings (SSSR count). The third-order valence-electron chi connectivity index (χ3n) is 5.40. The lowest BCUT2D eigenvalue weighted by Crippen LogP contribution is -2.10. The summed E-state index contributed by atoms with van der Waals surface area (Å²) in [4.78, 5) is 9.58. The Kier molecular flexibility index (Phi) is 8.88. The highest BCUT2D eigenvalue weighted by molar-refractivity contribution is 9.09. The molecule has 0 aliphatic carbocycles. The van der Waals surface area contributed by atoms with E-state index in [1.54, 1.807) is 0 Å². The van der Waals surface area contributed by atoms with Crippen LogP contribution in [-0.2, 0) is 12.8 Å². The van der Waals surface area contributed by atoms with E-state index in [-0.39, 0.29) is 0 Å². The SMILES string of the molecule is CCCCCc1cnc(CC(Br)CCC(c2ccccc2)c2ccccc2)nc1. The molecule has 2 nitrogen and oxygen atoms in total. The summed E-state index contributed by atoms with van der Waals surface area (Å²) < 4.78 is 0. The van der Waals surface area contributed by atoms with Gasteiger partial charge in [0, 0.05) is 29.6 Å². The van der Waals surface area contributed by atoms with Crippen LogP contribution in [0, 0.1) is 0 Å². The summed E-state index contributed by atoms with van der Waals surface area (Å²) in [5.41, 5.74) is 4.01. The summed E-state index contributed by atoms with van der Waals surface area (Å²) in [5, 5.41) is 0. The Balaban J connectivity index is 1.57. The number of unbranched alkanes of at least 4 members (excludes halogenated alkanes) is 2. The largest absolute Gasteiger partial charge is 0.241 e. The number of nitrogens with zero attached hydrogens (tertiary/aromatic N) is 2. The zero-order valence-electron chi connectivity index (χ0n) is 17.3. The van der Waals surface area contributed by atoms with Crippen molar-refractivity contribution in [3.05, 3.63) is 95.6 Å². The van der Waals surface area contributed by atoms with Gasteiger partial charge in [-0.1, -0.05) is 96.4 Å². The van der Waals surface area contributed by atoms with Crippen molar-refractivity contribution >= 4 is 15.9 Å². The Morgan fingerprint density at radius 3 is 1.93 bits per heavy atom. The Bertz CT molecular complexity index is 779. The Hall–Kier alpha value is -2.00. The summed E-state index contributed by atoms with van der Waals surface area (Å²) in [6, 6.07) is 21.6. The smallest absolute Gasteiger partial charge is 0.129 e. The van der Waals surface area contributed by atoms with Gasteiger partial charge < -0.3 is 0 Å². The van der Waals surface area contributed by atoms with Crippen molar-refractivity contribution in [1.29, 1.82) is 0 Å². The standard InChI is InChI=1S/C26H31BrN2/c1-2-3-6-11-21-19-28-26(29-20-21)18-24(27)16-17-25(22-12-7-4-8-13-22)23-14-9-5-10-15-23/h4-5,7-10,12-15,19-20,24-25H,2-3,6,11,16-18H2,1H3. The van der Waals surface area contributed by atoms with Crippen molar-refractivity contribution in [2.45, 2.75) is 62.6 Å². The van der Waals surface area contributed by atoms with Crippen molar-refractivity contribution in [2.24, 2.45) is 0 Å². The van der Waals surface area contributed by atoms with Gasteiger partial charge in [-0.25, -0.2) is 9.97 Å². The van der Waals surface area contributed by atoms with Gasteiger partial charge >= 0.3 is 0 Å². The minimum Gasteiger partial charge on any atom is -0.241 e. The topological polar surface area (TPSA) is 25.8 Å². The monoisotopic (exact) mass is 450 g/mol. The molecule has 0 aliphatic heterocycles. The molecule has 0 amide bonds. The van der Waals surface area contributed by atoms with Crippen LogP contribution in [0.3, 0.4) is 0 Å². The minimum atomic E-state index is 0.378. The molecule has 1 atom stereocenters. The summed E-state index contributed by atoms with van der Waals surface area (Å²) in [6.45, 7) is 2.23. The molecule has 0 spiro atoms. The predicted octanol–water partition coefficient (Wildman–Crippen LogP) is 7.13. The fourth-order valence-electron chi connectivity index (χ4n) is 3.74. The fraction of sp³-hybridized carbons (Fsp3) is 0.385. The van der Waals surface area contributed by atoms with E-state index in [2.05, 4.69) is 93.5 Å². The van der Waals surface area contributed by atoms with Gasteiger partial charge in [0.1, 0.15) is 5.82 Å². The molecule has 2 aromatic carbocycles.